The van der Waals surface area contributed by atoms with Crippen LogP contribution in [0.25, 0.3) is 12.2 Å². The predicted octanol–water partition coefficient (Wildman–Crippen LogP) is 1.70. The van der Waals surface area contributed by atoms with E-state index in [2.05, 4.69) is 5.32 Å². The first kappa shape index (κ1) is 14.6. The lowest BCUT2D eigenvalue weighted by molar-refractivity contribution is 0.0999. The highest BCUT2D eigenvalue weighted by molar-refractivity contribution is 5.97. The summed E-state index contributed by atoms with van der Waals surface area (Å²) in [6.07, 6.45) is 3.72. The summed E-state index contributed by atoms with van der Waals surface area (Å²) in [5.41, 5.74) is 6.54. The fourth-order valence-electron chi connectivity index (χ4n) is 2.15. The molecular formula is C16H17N3O2. The number of nitrogens with one attached hydrogen (secondary N) is 1. The third-order valence-electron chi connectivity index (χ3n) is 3.21. The Kier molecular flexibility index (Phi) is 4.23. The molecule has 0 fully saturated rings. The number of amides is 1. The molecule has 2 aromatic rings. The van der Waals surface area contributed by atoms with Crippen LogP contribution in [-0.2, 0) is 7.05 Å². The molecule has 108 valence electrons. The van der Waals surface area contributed by atoms with Crippen LogP contribution in [0.5, 0.6) is 0 Å². The molecule has 2 rings (SSSR count). The monoisotopic (exact) mass is 283 g/mol. The van der Waals surface area contributed by atoms with Crippen molar-refractivity contribution in [3.8, 4) is 0 Å². The van der Waals surface area contributed by atoms with Crippen molar-refractivity contribution in [2.24, 2.45) is 12.8 Å². The Bertz CT molecular complexity index is 746. The van der Waals surface area contributed by atoms with Gasteiger partial charge in [-0.15, -0.1) is 0 Å². The average molecular weight is 283 g/mol. The highest BCUT2D eigenvalue weighted by Gasteiger charge is 2.15. The number of benzene rings is 1. The van der Waals surface area contributed by atoms with E-state index in [9.17, 15) is 9.59 Å². The molecule has 1 amide bonds. The van der Waals surface area contributed by atoms with Gasteiger partial charge in [-0.2, -0.15) is 0 Å². The highest BCUT2D eigenvalue weighted by atomic mass is 16.2. The Morgan fingerprint density at radius 3 is 2.48 bits per heavy atom. The molecule has 0 unspecified atom stereocenters. The van der Waals surface area contributed by atoms with E-state index in [0.717, 1.165) is 5.56 Å². The number of hydrogen-bond acceptors (Lipinski definition) is 3. The van der Waals surface area contributed by atoms with Gasteiger partial charge < -0.3 is 15.6 Å². The first-order valence-electron chi connectivity index (χ1n) is 6.49. The van der Waals surface area contributed by atoms with Crippen molar-refractivity contribution in [3.63, 3.8) is 0 Å². The first-order chi connectivity index (χ1) is 10.0. The van der Waals surface area contributed by atoms with Crippen molar-refractivity contribution in [2.45, 2.75) is 0 Å². The second kappa shape index (κ2) is 6.09. The number of carbonyl (C=O) groups excluding carboxylic acids is 1. The van der Waals surface area contributed by atoms with Gasteiger partial charge in [0.05, 0.1) is 0 Å². The number of rotatable bonds is 4. The molecule has 1 heterocycles. The molecule has 0 atom stereocenters. The summed E-state index contributed by atoms with van der Waals surface area (Å²) < 4.78 is 1.72. The van der Waals surface area contributed by atoms with Crippen LogP contribution in [-0.4, -0.2) is 17.5 Å². The standard InChI is InChI=1S/C16H17N3O2/c1-18-16-14(15(17)21)13(20)10-12(19(16)2)9-8-11-6-4-3-5-7-11/h3-10,18H,1-2H3,(H2,17,21)/b9-8+. The molecule has 0 spiro atoms. The van der Waals surface area contributed by atoms with Gasteiger partial charge in [-0.1, -0.05) is 36.4 Å². The average Bonchev–Trinajstić information content (AvgIpc) is 2.48. The number of anilines is 1. The van der Waals surface area contributed by atoms with E-state index in [-0.39, 0.29) is 5.56 Å². The second-order valence-electron chi connectivity index (χ2n) is 4.57. The zero-order valence-corrected chi connectivity index (χ0v) is 12.0. The number of pyridine rings is 1. The minimum Gasteiger partial charge on any atom is -0.374 e. The summed E-state index contributed by atoms with van der Waals surface area (Å²) >= 11 is 0. The lowest BCUT2D eigenvalue weighted by Crippen LogP contribution is -2.26. The van der Waals surface area contributed by atoms with Gasteiger partial charge in [0, 0.05) is 25.9 Å². The summed E-state index contributed by atoms with van der Waals surface area (Å²) in [6, 6.07) is 11.1. The topological polar surface area (TPSA) is 77.1 Å². The molecule has 0 radical (unpaired) electrons. The van der Waals surface area contributed by atoms with Gasteiger partial charge in [0.15, 0.2) is 5.43 Å². The molecule has 5 heteroatoms. The maximum atomic E-state index is 12.0. The SMILES string of the molecule is CNc1c(C(N)=O)c(=O)cc(/C=C/c2ccccc2)n1C. The Morgan fingerprint density at radius 1 is 1.24 bits per heavy atom. The van der Waals surface area contributed by atoms with Crippen LogP contribution in [0.2, 0.25) is 0 Å². The van der Waals surface area contributed by atoms with Gasteiger partial charge in [0.2, 0.25) is 0 Å². The second-order valence-corrected chi connectivity index (χ2v) is 4.57. The fraction of sp³-hybridized carbons (Fsp3) is 0.125. The molecule has 3 N–H and O–H groups in total. The van der Waals surface area contributed by atoms with Crippen LogP contribution in [0.1, 0.15) is 21.6 Å². The molecule has 0 aliphatic heterocycles. The minimum atomic E-state index is -0.737. The quantitative estimate of drug-likeness (QED) is 0.896. The Labute approximate surface area is 122 Å². The van der Waals surface area contributed by atoms with Crippen molar-refractivity contribution in [1.29, 1.82) is 0 Å². The Morgan fingerprint density at radius 2 is 1.90 bits per heavy atom. The zero-order chi connectivity index (χ0) is 15.4. The van der Waals surface area contributed by atoms with E-state index in [1.807, 2.05) is 42.5 Å². The molecule has 1 aromatic carbocycles. The van der Waals surface area contributed by atoms with Crippen molar-refractivity contribution >= 4 is 23.9 Å². The van der Waals surface area contributed by atoms with E-state index >= 15 is 0 Å². The maximum absolute atomic E-state index is 12.0. The summed E-state index contributed by atoms with van der Waals surface area (Å²) in [6.45, 7) is 0. The van der Waals surface area contributed by atoms with Gasteiger partial charge in [-0.05, 0) is 11.6 Å². The molecule has 0 bridgehead atoms. The summed E-state index contributed by atoms with van der Waals surface area (Å²) in [4.78, 5) is 23.4. The van der Waals surface area contributed by atoms with Crippen molar-refractivity contribution in [2.75, 3.05) is 12.4 Å². The van der Waals surface area contributed by atoms with Crippen LogP contribution >= 0.6 is 0 Å². The van der Waals surface area contributed by atoms with E-state index in [0.29, 0.717) is 11.5 Å². The number of primary amides is 1. The van der Waals surface area contributed by atoms with Crippen molar-refractivity contribution in [1.82, 2.24) is 4.57 Å². The molecule has 0 aliphatic rings. The normalized spacial score (nSPS) is 10.8. The lowest BCUT2D eigenvalue weighted by Gasteiger charge is -2.14. The molecular weight excluding hydrogens is 266 g/mol. The minimum absolute atomic E-state index is 0.0307. The third-order valence-corrected chi connectivity index (χ3v) is 3.21. The van der Waals surface area contributed by atoms with Gasteiger partial charge >= 0.3 is 0 Å². The van der Waals surface area contributed by atoms with Crippen molar-refractivity contribution < 1.29 is 4.79 Å². The Balaban J connectivity index is 2.52. The predicted molar refractivity (Wildman–Crippen MR) is 85.1 cm³/mol. The fourth-order valence-corrected chi connectivity index (χ4v) is 2.15. The summed E-state index contributed by atoms with van der Waals surface area (Å²) in [7, 11) is 3.41. The van der Waals surface area contributed by atoms with Crippen LogP contribution in [0.4, 0.5) is 5.82 Å². The van der Waals surface area contributed by atoms with Crippen LogP contribution in [0.15, 0.2) is 41.2 Å². The number of nitrogens with two attached hydrogens (primary N) is 1. The lowest BCUT2D eigenvalue weighted by atomic mass is 10.1. The van der Waals surface area contributed by atoms with E-state index < -0.39 is 11.3 Å². The summed E-state index contributed by atoms with van der Waals surface area (Å²) in [5.74, 6) is -0.332. The van der Waals surface area contributed by atoms with Crippen molar-refractivity contribution in [3.05, 3.63) is 63.4 Å². The number of hydrogen-bond donors (Lipinski definition) is 2. The van der Waals surface area contributed by atoms with Gasteiger partial charge in [0.1, 0.15) is 11.4 Å². The maximum Gasteiger partial charge on any atom is 0.256 e. The van der Waals surface area contributed by atoms with Gasteiger partial charge in [0.25, 0.3) is 5.91 Å². The number of nitrogens with zero attached hydrogens (tertiary/aromatic N) is 1. The number of carbonyl (C=O) groups is 1. The van der Waals surface area contributed by atoms with E-state index in [1.165, 1.54) is 6.07 Å². The largest absolute Gasteiger partial charge is 0.374 e. The highest BCUT2D eigenvalue weighted by Crippen LogP contribution is 2.14. The smallest absolute Gasteiger partial charge is 0.256 e. The molecule has 0 saturated carbocycles. The van der Waals surface area contributed by atoms with Crippen LogP contribution in [0, 0.1) is 0 Å². The molecule has 5 nitrogen and oxygen atoms in total. The first-order valence-corrected chi connectivity index (χ1v) is 6.49. The summed E-state index contributed by atoms with van der Waals surface area (Å²) in [5, 5.41) is 2.85. The van der Waals surface area contributed by atoms with Crippen LogP contribution < -0.4 is 16.5 Å². The molecule has 0 aliphatic carbocycles. The Hall–Kier alpha value is -2.82. The van der Waals surface area contributed by atoms with Gasteiger partial charge in [-0.3, -0.25) is 9.59 Å². The molecule has 21 heavy (non-hydrogen) atoms. The molecule has 1 aromatic heterocycles. The van der Waals surface area contributed by atoms with E-state index in [1.54, 1.807) is 18.7 Å². The van der Waals surface area contributed by atoms with Crippen LogP contribution in [0.3, 0.4) is 0 Å². The zero-order valence-electron chi connectivity index (χ0n) is 12.0. The van der Waals surface area contributed by atoms with Gasteiger partial charge in [-0.25, -0.2) is 0 Å². The molecule has 0 saturated heterocycles. The number of aromatic nitrogens is 1. The van der Waals surface area contributed by atoms with E-state index in [4.69, 9.17) is 5.73 Å². The third kappa shape index (κ3) is 3.02.